The number of nitrogens with zero attached hydrogens (tertiary/aromatic N) is 2. The zero-order valence-corrected chi connectivity index (χ0v) is 18.2. The lowest BCUT2D eigenvalue weighted by molar-refractivity contribution is 0.559. The van der Waals surface area contributed by atoms with Crippen LogP contribution in [0.1, 0.15) is 5.56 Å². The van der Waals surface area contributed by atoms with E-state index in [1.807, 2.05) is 12.1 Å². The first kappa shape index (κ1) is 19.9. The Bertz CT molecular complexity index is 1380. The average Bonchev–Trinajstić information content (AvgIpc) is 2.68. The van der Waals surface area contributed by atoms with Crippen molar-refractivity contribution in [1.82, 2.24) is 9.55 Å². The Morgan fingerprint density at radius 1 is 1.17 bits per heavy atom. The van der Waals surface area contributed by atoms with Crippen molar-refractivity contribution in [2.75, 3.05) is 0 Å². The van der Waals surface area contributed by atoms with Crippen LogP contribution in [0.15, 0.2) is 78.8 Å². The molecule has 8 heteroatoms. The lowest BCUT2D eigenvalue weighted by Crippen LogP contribution is -2.22. The number of aromatic nitrogens is 2. The zero-order chi connectivity index (χ0) is 20.5. The van der Waals surface area contributed by atoms with Gasteiger partial charge in [0.1, 0.15) is 5.58 Å². The molecular formula is C21H14BrClN2O3S. The molecule has 5 nitrogen and oxygen atoms in total. The number of benzene rings is 2. The van der Waals surface area contributed by atoms with Gasteiger partial charge in [0, 0.05) is 33.2 Å². The average molecular weight is 490 g/mol. The lowest BCUT2D eigenvalue weighted by Gasteiger charge is -2.12. The van der Waals surface area contributed by atoms with Gasteiger partial charge in [0.05, 0.1) is 10.9 Å². The van der Waals surface area contributed by atoms with Crippen molar-refractivity contribution < 1.29 is 4.42 Å². The van der Waals surface area contributed by atoms with Gasteiger partial charge in [-0.25, -0.2) is 9.78 Å². The van der Waals surface area contributed by atoms with Gasteiger partial charge >= 0.3 is 5.63 Å². The van der Waals surface area contributed by atoms with Crippen molar-refractivity contribution in [3.05, 3.63) is 91.0 Å². The van der Waals surface area contributed by atoms with E-state index in [1.165, 1.54) is 17.8 Å². The largest absolute Gasteiger partial charge is 0.423 e. The fourth-order valence-corrected chi connectivity index (χ4v) is 4.55. The molecule has 29 heavy (non-hydrogen) atoms. The number of thioether (sulfide) groups is 1. The van der Waals surface area contributed by atoms with E-state index in [9.17, 15) is 9.59 Å². The molecule has 0 bridgehead atoms. The maximum Gasteiger partial charge on any atom is 0.336 e. The number of halogens is 2. The van der Waals surface area contributed by atoms with E-state index in [1.54, 1.807) is 34.9 Å². The van der Waals surface area contributed by atoms with Crippen LogP contribution in [0.4, 0.5) is 0 Å². The molecule has 0 aliphatic carbocycles. The second-order valence-corrected chi connectivity index (χ2v) is 8.57. The van der Waals surface area contributed by atoms with Crippen LogP contribution in [0.5, 0.6) is 0 Å². The summed E-state index contributed by atoms with van der Waals surface area (Å²) in [5.41, 5.74) is 1.26. The highest BCUT2D eigenvalue weighted by atomic mass is 79.9. The lowest BCUT2D eigenvalue weighted by atomic mass is 10.1. The maximum absolute atomic E-state index is 12.9. The van der Waals surface area contributed by atoms with Crippen LogP contribution in [0.25, 0.3) is 21.9 Å². The molecule has 0 atom stereocenters. The summed E-state index contributed by atoms with van der Waals surface area (Å²) >= 11 is 10.8. The first-order chi connectivity index (χ1) is 14.0. The molecule has 4 rings (SSSR count). The molecule has 0 unspecified atom stereocenters. The van der Waals surface area contributed by atoms with Crippen LogP contribution < -0.4 is 11.2 Å². The molecule has 0 fully saturated rings. The SMILES string of the molecule is C=CCn1c(SCc2cc(=O)oc3cc(Br)ccc23)nc2cc(Cl)ccc2c1=O. The first-order valence-corrected chi connectivity index (χ1v) is 10.8. The minimum Gasteiger partial charge on any atom is -0.423 e. The predicted octanol–water partition coefficient (Wildman–Crippen LogP) is 5.40. The van der Waals surface area contributed by atoms with Crippen molar-refractivity contribution in [3.8, 4) is 0 Å². The Labute approximate surface area is 183 Å². The van der Waals surface area contributed by atoms with Crippen LogP contribution in [-0.2, 0) is 12.3 Å². The Morgan fingerprint density at radius 2 is 1.97 bits per heavy atom. The van der Waals surface area contributed by atoms with Crippen molar-refractivity contribution in [2.45, 2.75) is 17.5 Å². The standard InChI is InChI=1S/C21H14BrClN2O3S/c1-2-7-25-20(27)16-6-4-14(23)10-17(16)24-21(25)29-11-12-8-19(26)28-18-9-13(22)3-5-15(12)18/h2-6,8-10H,1,7,11H2. The Hall–Kier alpha value is -2.35. The summed E-state index contributed by atoms with van der Waals surface area (Å²) in [6, 6.07) is 12.0. The van der Waals surface area contributed by atoms with E-state index in [4.69, 9.17) is 16.0 Å². The predicted molar refractivity (Wildman–Crippen MR) is 121 cm³/mol. The maximum atomic E-state index is 12.9. The topological polar surface area (TPSA) is 65.1 Å². The Balaban J connectivity index is 1.79. The van der Waals surface area contributed by atoms with Crippen molar-refractivity contribution in [2.24, 2.45) is 0 Å². The van der Waals surface area contributed by atoms with Gasteiger partial charge in [0.2, 0.25) is 0 Å². The summed E-state index contributed by atoms with van der Waals surface area (Å²) < 4.78 is 7.69. The van der Waals surface area contributed by atoms with E-state index in [-0.39, 0.29) is 5.56 Å². The van der Waals surface area contributed by atoms with Crippen LogP contribution >= 0.6 is 39.3 Å². The number of hydrogen-bond acceptors (Lipinski definition) is 5. The van der Waals surface area contributed by atoms with Crippen molar-refractivity contribution in [3.63, 3.8) is 0 Å². The van der Waals surface area contributed by atoms with Gasteiger partial charge in [0.25, 0.3) is 5.56 Å². The summed E-state index contributed by atoms with van der Waals surface area (Å²) in [7, 11) is 0. The van der Waals surface area contributed by atoms with Gasteiger partial charge in [0.15, 0.2) is 5.16 Å². The molecule has 0 N–H and O–H groups in total. The molecule has 0 radical (unpaired) electrons. The van der Waals surface area contributed by atoms with Crippen LogP contribution in [-0.4, -0.2) is 9.55 Å². The summed E-state index contributed by atoms with van der Waals surface area (Å²) in [5, 5.41) is 2.38. The van der Waals surface area contributed by atoms with E-state index >= 15 is 0 Å². The number of fused-ring (bicyclic) bond motifs is 2. The van der Waals surface area contributed by atoms with Crippen molar-refractivity contribution >= 4 is 61.2 Å². The fourth-order valence-electron chi connectivity index (χ4n) is 3.04. The monoisotopic (exact) mass is 488 g/mol. The molecule has 2 aromatic carbocycles. The third-order valence-corrected chi connectivity index (χ3v) is 6.10. The molecule has 0 saturated carbocycles. The van der Waals surface area contributed by atoms with E-state index in [0.29, 0.717) is 39.0 Å². The molecule has 0 spiro atoms. The zero-order valence-electron chi connectivity index (χ0n) is 15.0. The van der Waals surface area contributed by atoms with Gasteiger partial charge in [-0.05, 0) is 42.0 Å². The molecule has 4 aromatic rings. The van der Waals surface area contributed by atoms with Gasteiger partial charge < -0.3 is 4.42 Å². The second-order valence-electron chi connectivity index (χ2n) is 6.28. The van der Waals surface area contributed by atoms with E-state index in [0.717, 1.165) is 15.4 Å². The highest BCUT2D eigenvalue weighted by molar-refractivity contribution is 9.10. The smallest absolute Gasteiger partial charge is 0.336 e. The number of rotatable bonds is 5. The minimum absolute atomic E-state index is 0.157. The summed E-state index contributed by atoms with van der Waals surface area (Å²) in [6.45, 7) is 4.07. The Morgan fingerprint density at radius 3 is 2.76 bits per heavy atom. The van der Waals surface area contributed by atoms with Crippen LogP contribution in [0, 0.1) is 0 Å². The quantitative estimate of drug-likeness (QED) is 0.163. The van der Waals surface area contributed by atoms with Gasteiger partial charge in [-0.2, -0.15) is 0 Å². The Kier molecular flexibility index (Phi) is 5.63. The third kappa shape index (κ3) is 4.03. The highest BCUT2D eigenvalue weighted by Crippen LogP contribution is 2.28. The molecule has 146 valence electrons. The molecule has 0 saturated heterocycles. The molecule has 0 aliphatic rings. The summed E-state index contributed by atoms with van der Waals surface area (Å²) in [6.07, 6.45) is 1.65. The highest BCUT2D eigenvalue weighted by Gasteiger charge is 2.13. The van der Waals surface area contributed by atoms with E-state index < -0.39 is 5.63 Å². The molecular weight excluding hydrogens is 476 g/mol. The fraction of sp³-hybridized carbons (Fsp3) is 0.0952. The first-order valence-electron chi connectivity index (χ1n) is 8.62. The van der Waals surface area contributed by atoms with Crippen LogP contribution in [0.2, 0.25) is 5.02 Å². The molecule has 2 aromatic heterocycles. The second kappa shape index (κ2) is 8.18. The van der Waals surface area contributed by atoms with Gasteiger partial charge in [-0.1, -0.05) is 45.4 Å². The van der Waals surface area contributed by atoms with E-state index in [2.05, 4.69) is 27.5 Å². The minimum atomic E-state index is -0.423. The summed E-state index contributed by atoms with van der Waals surface area (Å²) in [5.74, 6) is 0.444. The van der Waals surface area contributed by atoms with Crippen LogP contribution in [0.3, 0.4) is 0 Å². The molecule has 0 aliphatic heterocycles. The van der Waals surface area contributed by atoms with Crippen molar-refractivity contribution in [1.29, 1.82) is 0 Å². The number of hydrogen-bond donors (Lipinski definition) is 0. The van der Waals surface area contributed by atoms with Gasteiger partial charge in [-0.3, -0.25) is 9.36 Å². The normalized spacial score (nSPS) is 11.2. The summed E-state index contributed by atoms with van der Waals surface area (Å²) in [4.78, 5) is 29.5. The van der Waals surface area contributed by atoms with Gasteiger partial charge in [-0.15, -0.1) is 6.58 Å². The molecule has 2 heterocycles. The third-order valence-electron chi connectivity index (χ3n) is 4.34. The molecule has 0 amide bonds. The number of allylic oxidation sites excluding steroid dienone is 1.